The van der Waals surface area contributed by atoms with Gasteiger partial charge >= 0.3 is 6.03 Å². The van der Waals surface area contributed by atoms with Crippen LogP contribution in [0.25, 0.3) is 5.69 Å². The average Bonchev–Trinajstić information content (AvgIpc) is 3.18. The topological polar surface area (TPSA) is 97.3 Å². The molecule has 2 aromatic carbocycles. The number of aromatic nitrogens is 2. The van der Waals surface area contributed by atoms with Crippen LogP contribution in [0.5, 0.6) is 5.75 Å². The minimum absolute atomic E-state index is 0.199. The first-order valence-electron chi connectivity index (χ1n) is 11.3. The van der Waals surface area contributed by atoms with Gasteiger partial charge in [0.2, 0.25) is 5.91 Å². The Morgan fingerprint density at radius 2 is 1.76 bits per heavy atom. The number of carbonyl (C=O) groups excluding carboxylic acids is 2. The second-order valence-corrected chi connectivity index (χ2v) is 9.15. The molecule has 0 fully saturated rings. The molecule has 0 aliphatic heterocycles. The number of nitrogens with zero attached hydrogens (tertiary/aromatic N) is 2. The molecule has 0 spiro atoms. The minimum Gasteiger partial charge on any atom is -0.492 e. The van der Waals surface area contributed by atoms with E-state index < -0.39 is 6.03 Å². The Bertz CT molecular complexity index is 1180. The standard InChI is InChI=1S/C26H33N5O3/c1-7-34-21-11-9-8-10-19(21)28-25(33)27-16-24(32)29-23-15-22(26(4,5)6)30-31(23)20-13-12-17(2)14-18(20)3/h8-15H,7,16H2,1-6H3,(H,29,32)(H2,27,28,33). The first-order chi connectivity index (χ1) is 16.1. The van der Waals surface area contributed by atoms with E-state index in [9.17, 15) is 9.59 Å². The number of nitrogens with one attached hydrogen (secondary N) is 3. The first kappa shape index (κ1) is 24.8. The molecule has 0 unspecified atom stereocenters. The molecule has 3 N–H and O–H groups in total. The third-order valence-electron chi connectivity index (χ3n) is 5.17. The number of rotatable bonds is 7. The van der Waals surface area contributed by atoms with Crippen molar-refractivity contribution in [3.8, 4) is 11.4 Å². The van der Waals surface area contributed by atoms with Crippen molar-refractivity contribution in [2.45, 2.75) is 47.0 Å². The molecule has 180 valence electrons. The zero-order valence-corrected chi connectivity index (χ0v) is 20.7. The molecule has 0 atom stereocenters. The molecule has 0 saturated carbocycles. The quantitative estimate of drug-likeness (QED) is 0.462. The van der Waals surface area contributed by atoms with E-state index in [4.69, 9.17) is 9.84 Å². The highest BCUT2D eigenvalue weighted by Crippen LogP contribution is 2.28. The SMILES string of the molecule is CCOc1ccccc1NC(=O)NCC(=O)Nc1cc(C(C)(C)C)nn1-c1ccc(C)cc1C. The molecule has 3 rings (SSSR count). The fraction of sp³-hybridized carbons (Fsp3) is 0.346. The summed E-state index contributed by atoms with van der Waals surface area (Å²) in [5.74, 6) is 0.752. The number of carbonyl (C=O) groups is 2. The average molecular weight is 464 g/mol. The number of anilines is 2. The van der Waals surface area contributed by atoms with Crippen molar-refractivity contribution in [1.29, 1.82) is 0 Å². The van der Waals surface area contributed by atoms with Crippen LogP contribution in [0.4, 0.5) is 16.3 Å². The number of hydrogen-bond donors (Lipinski definition) is 3. The maximum atomic E-state index is 12.7. The van der Waals surface area contributed by atoms with E-state index in [1.165, 1.54) is 0 Å². The van der Waals surface area contributed by atoms with Gasteiger partial charge in [0.1, 0.15) is 11.6 Å². The zero-order chi connectivity index (χ0) is 24.9. The lowest BCUT2D eigenvalue weighted by atomic mass is 9.92. The molecule has 1 heterocycles. The summed E-state index contributed by atoms with van der Waals surface area (Å²) in [6, 6.07) is 14.6. The normalized spacial score (nSPS) is 11.1. The second kappa shape index (κ2) is 10.4. The molecular weight excluding hydrogens is 430 g/mol. The summed E-state index contributed by atoms with van der Waals surface area (Å²) in [5.41, 5.74) is 4.26. The molecule has 0 radical (unpaired) electrons. The molecule has 0 aliphatic rings. The predicted octanol–water partition coefficient (Wildman–Crippen LogP) is 4.95. The second-order valence-electron chi connectivity index (χ2n) is 9.15. The zero-order valence-electron chi connectivity index (χ0n) is 20.7. The van der Waals surface area contributed by atoms with E-state index in [-0.39, 0.29) is 17.9 Å². The van der Waals surface area contributed by atoms with Gasteiger partial charge < -0.3 is 20.7 Å². The summed E-state index contributed by atoms with van der Waals surface area (Å²) in [7, 11) is 0. The van der Waals surface area contributed by atoms with Crippen molar-refractivity contribution in [2.24, 2.45) is 0 Å². The van der Waals surface area contributed by atoms with Crippen molar-refractivity contribution in [3.63, 3.8) is 0 Å². The van der Waals surface area contributed by atoms with Crippen LogP contribution in [0.2, 0.25) is 0 Å². The number of para-hydroxylation sites is 2. The smallest absolute Gasteiger partial charge is 0.319 e. The van der Waals surface area contributed by atoms with Crippen LogP contribution in [0.15, 0.2) is 48.5 Å². The van der Waals surface area contributed by atoms with E-state index in [0.717, 1.165) is 22.5 Å². The Labute approximate surface area is 200 Å². The Balaban J connectivity index is 1.72. The minimum atomic E-state index is -0.499. The van der Waals surface area contributed by atoms with Gasteiger partial charge in [-0.15, -0.1) is 0 Å². The lowest BCUT2D eigenvalue weighted by Gasteiger charge is -2.14. The molecule has 0 saturated heterocycles. The van der Waals surface area contributed by atoms with Crippen molar-refractivity contribution >= 4 is 23.4 Å². The molecule has 8 heteroatoms. The molecule has 8 nitrogen and oxygen atoms in total. The van der Waals surface area contributed by atoms with Gasteiger partial charge in [0, 0.05) is 11.5 Å². The van der Waals surface area contributed by atoms with Crippen LogP contribution in [0.1, 0.15) is 44.5 Å². The van der Waals surface area contributed by atoms with Crippen LogP contribution in [-0.2, 0) is 10.2 Å². The van der Waals surface area contributed by atoms with Gasteiger partial charge in [0.25, 0.3) is 0 Å². The van der Waals surface area contributed by atoms with Gasteiger partial charge in [0.05, 0.1) is 30.2 Å². The Hall–Kier alpha value is -3.81. The monoisotopic (exact) mass is 463 g/mol. The molecular formula is C26H33N5O3. The van der Waals surface area contributed by atoms with Crippen molar-refractivity contribution in [2.75, 3.05) is 23.8 Å². The summed E-state index contributed by atoms with van der Waals surface area (Å²) in [6.45, 7) is 12.4. The van der Waals surface area contributed by atoms with E-state index in [2.05, 4.69) is 42.8 Å². The van der Waals surface area contributed by atoms with E-state index >= 15 is 0 Å². The van der Waals surface area contributed by atoms with Crippen molar-refractivity contribution in [3.05, 3.63) is 65.4 Å². The Morgan fingerprint density at radius 1 is 1.03 bits per heavy atom. The maximum absolute atomic E-state index is 12.7. The third kappa shape index (κ3) is 6.15. The number of benzene rings is 2. The molecule has 0 aliphatic carbocycles. The van der Waals surface area contributed by atoms with Crippen LogP contribution in [0.3, 0.4) is 0 Å². The number of amides is 3. The van der Waals surface area contributed by atoms with Gasteiger partial charge in [-0.3, -0.25) is 4.79 Å². The molecule has 1 aromatic heterocycles. The summed E-state index contributed by atoms with van der Waals surface area (Å²) >= 11 is 0. The summed E-state index contributed by atoms with van der Waals surface area (Å²) < 4.78 is 7.25. The Kier molecular flexibility index (Phi) is 7.61. The van der Waals surface area contributed by atoms with Crippen LogP contribution < -0.4 is 20.7 Å². The van der Waals surface area contributed by atoms with Crippen LogP contribution >= 0.6 is 0 Å². The van der Waals surface area contributed by atoms with Crippen LogP contribution in [0, 0.1) is 13.8 Å². The highest BCUT2D eigenvalue weighted by molar-refractivity contribution is 5.97. The highest BCUT2D eigenvalue weighted by atomic mass is 16.5. The highest BCUT2D eigenvalue weighted by Gasteiger charge is 2.22. The lowest BCUT2D eigenvalue weighted by molar-refractivity contribution is -0.115. The fourth-order valence-corrected chi connectivity index (χ4v) is 3.43. The predicted molar refractivity (Wildman–Crippen MR) is 135 cm³/mol. The largest absolute Gasteiger partial charge is 0.492 e. The first-order valence-corrected chi connectivity index (χ1v) is 11.3. The summed E-state index contributed by atoms with van der Waals surface area (Å²) in [5, 5.41) is 13.0. The molecule has 3 aromatic rings. The van der Waals surface area contributed by atoms with E-state index in [1.807, 2.05) is 45.0 Å². The number of ether oxygens (including phenoxy) is 1. The molecule has 3 amide bonds. The maximum Gasteiger partial charge on any atom is 0.319 e. The summed E-state index contributed by atoms with van der Waals surface area (Å²) in [6.07, 6.45) is 0. The van der Waals surface area contributed by atoms with Gasteiger partial charge in [-0.2, -0.15) is 5.10 Å². The number of hydrogen-bond acceptors (Lipinski definition) is 4. The van der Waals surface area contributed by atoms with E-state index in [0.29, 0.717) is 23.9 Å². The van der Waals surface area contributed by atoms with Crippen molar-refractivity contribution in [1.82, 2.24) is 15.1 Å². The third-order valence-corrected chi connectivity index (χ3v) is 5.17. The Morgan fingerprint density at radius 3 is 2.44 bits per heavy atom. The van der Waals surface area contributed by atoms with Crippen molar-refractivity contribution < 1.29 is 14.3 Å². The number of aryl methyl sites for hydroxylation is 2. The molecule has 0 bridgehead atoms. The van der Waals surface area contributed by atoms with Gasteiger partial charge in [-0.05, 0) is 44.5 Å². The van der Waals surface area contributed by atoms with Crippen LogP contribution in [-0.4, -0.2) is 34.9 Å². The number of urea groups is 1. The fourth-order valence-electron chi connectivity index (χ4n) is 3.43. The van der Waals surface area contributed by atoms with E-state index in [1.54, 1.807) is 22.9 Å². The van der Waals surface area contributed by atoms with Gasteiger partial charge in [-0.25, -0.2) is 9.48 Å². The lowest BCUT2D eigenvalue weighted by Crippen LogP contribution is -2.36. The van der Waals surface area contributed by atoms with Gasteiger partial charge in [0.15, 0.2) is 0 Å². The molecule has 34 heavy (non-hydrogen) atoms. The van der Waals surface area contributed by atoms with Gasteiger partial charge in [-0.1, -0.05) is 50.6 Å². The summed E-state index contributed by atoms with van der Waals surface area (Å²) in [4.78, 5) is 25.1.